The number of carbonyl (C=O) groups is 1. The second-order valence-electron chi connectivity index (χ2n) is 5.26. The van der Waals surface area contributed by atoms with Crippen LogP contribution in [0.1, 0.15) is 35.4 Å². The first-order valence-corrected chi connectivity index (χ1v) is 6.89. The molecular formula is C12H12ClF3N4O. The Balaban J connectivity index is 1.72. The zero-order chi connectivity index (χ0) is 15.2. The van der Waals surface area contributed by atoms with Crippen molar-refractivity contribution in [2.45, 2.75) is 43.6 Å². The molecule has 2 fully saturated rings. The Morgan fingerprint density at radius 2 is 2.19 bits per heavy atom. The monoisotopic (exact) mass is 320 g/mol. The number of rotatable bonds is 2. The third-order valence-corrected chi connectivity index (χ3v) is 4.16. The van der Waals surface area contributed by atoms with E-state index in [1.54, 1.807) is 0 Å². The summed E-state index contributed by atoms with van der Waals surface area (Å²) in [5, 5.41) is 5.32. The molecule has 3 rings (SSSR count). The van der Waals surface area contributed by atoms with Crippen LogP contribution in [-0.4, -0.2) is 34.0 Å². The molecule has 2 N–H and O–H groups in total. The first kappa shape index (κ1) is 14.5. The summed E-state index contributed by atoms with van der Waals surface area (Å²) in [6.07, 6.45) is -1.24. The molecule has 0 unspecified atom stereocenters. The van der Waals surface area contributed by atoms with Crippen molar-refractivity contribution in [2.24, 2.45) is 0 Å². The van der Waals surface area contributed by atoms with Crippen molar-refractivity contribution < 1.29 is 18.0 Å². The number of fused-ring (bicyclic) bond motifs is 2. The van der Waals surface area contributed by atoms with Crippen LogP contribution in [0.4, 0.5) is 13.2 Å². The number of alkyl halides is 3. The molecule has 0 saturated carbocycles. The van der Waals surface area contributed by atoms with Crippen LogP contribution in [0, 0.1) is 0 Å². The lowest BCUT2D eigenvalue weighted by Gasteiger charge is -2.21. The van der Waals surface area contributed by atoms with Gasteiger partial charge in [-0.15, -0.1) is 0 Å². The molecule has 2 aliphatic heterocycles. The van der Waals surface area contributed by atoms with E-state index in [-0.39, 0.29) is 17.9 Å². The van der Waals surface area contributed by atoms with Crippen LogP contribution in [0.25, 0.3) is 0 Å². The Bertz CT molecular complexity index is 580. The predicted octanol–water partition coefficient (Wildman–Crippen LogP) is 1.77. The lowest BCUT2D eigenvalue weighted by molar-refractivity contribution is -0.138. The highest BCUT2D eigenvalue weighted by atomic mass is 35.5. The minimum absolute atomic E-state index is 0.0408. The van der Waals surface area contributed by atoms with Crippen LogP contribution in [0.5, 0.6) is 0 Å². The zero-order valence-corrected chi connectivity index (χ0v) is 11.5. The van der Waals surface area contributed by atoms with Crippen LogP contribution in [-0.2, 0) is 6.18 Å². The fourth-order valence-corrected chi connectivity index (χ4v) is 3.11. The Morgan fingerprint density at radius 1 is 1.43 bits per heavy atom. The summed E-state index contributed by atoms with van der Waals surface area (Å²) in [6, 6.07) is 0.571. The summed E-state index contributed by atoms with van der Waals surface area (Å²) in [4.78, 5) is 18.9. The summed E-state index contributed by atoms with van der Waals surface area (Å²) in [5.41, 5.74) is -1.15. The highest BCUT2D eigenvalue weighted by Crippen LogP contribution is 2.33. The van der Waals surface area contributed by atoms with Crippen molar-refractivity contribution in [3.63, 3.8) is 0 Å². The molecule has 5 nitrogen and oxygen atoms in total. The van der Waals surface area contributed by atoms with Gasteiger partial charge in [0, 0.05) is 24.3 Å². The zero-order valence-electron chi connectivity index (χ0n) is 10.7. The van der Waals surface area contributed by atoms with Gasteiger partial charge in [-0.3, -0.25) is 4.79 Å². The maximum absolute atomic E-state index is 12.5. The number of amides is 1. The maximum atomic E-state index is 12.5. The van der Waals surface area contributed by atoms with E-state index in [9.17, 15) is 18.0 Å². The summed E-state index contributed by atoms with van der Waals surface area (Å²) in [6.45, 7) is 0. The van der Waals surface area contributed by atoms with Gasteiger partial charge in [-0.1, -0.05) is 11.6 Å². The SMILES string of the molecule is O=C(N[C@@H]1C[C@H]2CC[C@@H]1N2)c1ncc(C(F)(F)F)c(Cl)n1. The Hall–Kier alpha value is -1.41. The van der Waals surface area contributed by atoms with E-state index in [0.29, 0.717) is 12.2 Å². The lowest BCUT2D eigenvalue weighted by Crippen LogP contribution is -2.43. The normalized spacial score (nSPS) is 27.9. The topological polar surface area (TPSA) is 66.9 Å². The average molecular weight is 321 g/mol. The molecule has 0 radical (unpaired) electrons. The van der Waals surface area contributed by atoms with Crippen LogP contribution in [0.3, 0.4) is 0 Å². The smallest absolute Gasteiger partial charge is 0.345 e. The number of nitrogens with zero attached hydrogens (tertiary/aromatic N) is 2. The molecule has 2 bridgehead atoms. The third-order valence-electron chi connectivity index (χ3n) is 3.87. The molecule has 1 aromatic rings. The Labute approximate surface area is 123 Å². The quantitative estimate of drug-likeness (QED) is 0.815. The van der Waals surface area contributed by atoms with Crippen LogP contribution < -0.4 is 10.6 Å². The van der Waals surface area contributed by atoms with Crippen LogP contribution in [0.2, 0.25) is 5.15 Å². The second kappa shape index (κ2) is 5.10. The average Bonchev–Trinajstić information content (AvgIpc) is 2.99. The number of halogens is 4. The fourth-order valence-electron chi connectivity index (χ4n) is 2.88. The van der Waals surface area contributed by atoms with E-state index < -0.39 is 22.8 Å². The number of carbonyl (C=O) groups excluding carboxylic acids is 1. The van der Waals surface area contributed by atoms with E-state index >= 15 is 0 Å². The largest absolute Gasteiger partial charge is 0.420 e. The van der Waals surface area contributed by atoms with E-state index in [2.05, 4.69) is 20.6 Å². The van der Waals surface area contributed by atoms with Crippen LogP contribution >= 0.6 is 11.6 Å². The highest BCUT2D eigenvalue weighted by molar-refractivity contribution is 6.30. The predicted molar refractivity (Wildman–Crippen MR) is 67.9 cm³/mol. The Kier molecular flexibility index (Phi) is 3.53. The fraction of sp³-hybridized carbons (Fsp3) is 0.583. The van der Waals surface area contributed by atoms with Crippen molar-refractivity contribution in [1.82, 2.24) is 20.6 Å². The minimum atomic E-state index is -4.64. The molecule has 9 heteroatoms. The van der Waals surface area contributed by atoms with Crippen LogP contribution in [0.15, 0.2) is 6.20 Å². The maximum Gasteiger partial charge on any atom is 0.420 e. The van der Waals surface area contributed by atoms with E-state index in [4.69, 9.17) is 11.6 Å². The molecule has 2 aliphatic rings. The second-order valence-corrected chi connectivity index (χ2v) is 5.62. The molecule has 21 heavy (non-hydrogen) atoms. The van der Waals surface area contributed by atoms with Gasteiger partial charge < -0.3 is 10.6 Å². The van der Waals surface area contributed by atoms with Crippen molar-refractivity contribution >= 4 is 17.5 Å². The van der Waals surface area contributed by atoms with Crippen molar-refractivity contribution in [3.8, 4) is 0 Å². The van der Waals surface area contributed by atoms with Crippen molar-refractivity contribution in [1.29, 1.82) is 0 Å². The van der Waals surface area contributed by atoms with Gasteiger partial charge >= 0.3 is 6.18 Å². The summed E-state index contributed by atoms with van der Waals surface area (Å²) in [5.74, 6) is -0.958. The van der Waals surface area contributed by atoms with E-state index in [1.807, 2.05) is 0 Å². The van der Waals surface area contributed by atoms with E-state index in [1.165, 1.54) is 0 Å². The summed E-state index contributed by atoms with van der Waals surface area (Å²) in [7, 11) is 0. The molecule has 0 spiro atoms. The van der Waals surface area contributed by atoms with E-state index in [0.717, 1.165) is 19.3 Å². The van der Waals surface area contributed by atoms with Gasteiger partial charge in [-0.05, 0) is 19.3 Å². The molecule has 3 atom stereocenters. The molecule has 2 saturated heterocycles. The van der Waals surface area contributed by atoms with Gasteiger partial charge in [0.2, 0.25) is 5.82 Å². The summed E-state index contributed by atoms with van der Waals surface area (Å²) >= 11 is 5.47. The highest BCUT2D eigenvalue weighted by Gasteiger charge is 2.40. The first-order valence-electron chi connectivity index (χ1n) is 6.51. The molecule has 1 aromatic heterocycles. The molecule has 1 amide bonds. The molecular weight excluding hydrogens is 309 g/mol. The first-order chi connectivity index (χ1) is 9.84. The number of nitrogens with one attached hydrogen (secondary N) is 2. The van der Waals surface area contributed by atoms with Gasteiger partial charge in [0.15, 0.2) is 0 Å². The van der Waals surface area contributed by atoms with Crippen molar-refractivity contribution in [2.75, 3.05) is 0 Å². The minimum Gasteiger partial charge on any atom is -0.345 e. The van der Waals surface area contributed by atoms with Crippen molar-refractivity contribution in [3.05, 3.63) is 22.7 Å². The van der Waals surface area contributed by atoms with Gasteiger partial charge in [-0.2, -0.15) is 13.2 Å². The molecule has 114 valence electrons. The van der Waals surface area contributed by atoms with Gasteiger partial charge in [0.05, 0.1) is 0 Å². The van der Waals surface area contributed by atoms with Gasteiger partial charge in [0.25, 0.3) is 5.91 Å². The number of aromatic nitrogens is 2. The standard InChI is InChI=1S/C12H12ClF3N4O/c13-9-6(12(14,15)16)4-17-10(20-9)11(21)19-8-3-5-1-2-7(8)18-5/h4-5,7-8,18H,1-3H2,(H,19,21)/t5-,7+,8-/m1/s1. The molecule has 0 aromatic carbocycles. The Morgan fingerprint density at radius 3 is 2.71 bits per heavy atom. The third kappa shape index (κ3) is 2.82. The molecule has 0 aliphatic carbocycles. The summed E-state index contributed by atoms with van der Waals surface area (Å²) < 4.78 is 37.6. The van der Waals surface area contributed by atoms with Gasteiger partial charge in [0.1, 0.15) is 10.7 Å². The number of hydrogen-bond donors (Lipinski definition) is 2. The lowest BCUT2D eigenvalue weighted by atomic mass is 9.95. The number of hydrogen-bond acceptors (Lipinski definition) is 4. The van der Waals surface area contributed by atoms with Gasteiger partial charge in [-0.25, -0.2) is 9.97 Å². The molecule has 3 heterocycles.